The maximum absolute atomic E-state index is 5.32. The van der Waals surface area contributed by atoms with Gasteiger partial charge in [-0.05, 0) is 17.7 Å². The van der Waals surface area contributed by atoms with Gasteiger partial charge in [-0.1, -0.05) is 12.2 Å². The van der Waals surface area contributed by atoms with E-state index in [2.05, 4.69) is 0 Å². The molecule has 0 saturated heterocycles. The molecule has 1 aliphatic heterocycles. The number of ether oxygens (including phenoxy) is 4. The lowest BCUT2D eigenvalue weighted by Crippen LogP contribution is -1.93. The topological polar surface area (TPSA) is 36.9 Å². The second-order valence-corrected chi connectivity index (χ2v) is 3.31. The Bertz CT molecular complexity index is 398. The van der Waals surface area contributed by atoms with Gasteiger partial charge in [0.1, 0.15) is 0 Å². The zero-order valence-electron chi connectivity index (χ0n) is 9.36. The predicted molar refractivity (Wildman–Crippen MR) is 60.0 cm³/mol. The molecule has 0 atom stereocenters. The van der Waals surface area contributed by atoms with Gasteiger partial charge in [0, 0.05) is 7.11 Å². The van der Waals surface area contributed by atoms with E-state index in [0.29, 0.717) is 18.1 Å². The van der Waals surface area contributed by atoms with Gasteiger partial charge in [-0.2, -0.15) is 0 Å². The van der Waals surface area contributed by atoms with Crippen LogP contribution in [0.5, 0.6) is 17.2 Å². The molecule has 2 rings (SSSR count). The zero-order chi connectivity index (χ0) is 11.4. The van der Waals surface area contributed by atoms with E-state index >= 15 is 0 Å². The summed E-state index contributed by atoms with van der Waals surface area (Å²) in [5.41, 5.74) is 0.998. The Labute approximate surface area is 94.4 Å². The molecule has 0 saturated carbocycles. The van der Waals surface area contributed by atoms with Crippen molar-refractivity contribution in [2.75, 3.05) is 27.6 Å². The molecule has 0 amide bonds. The van der Waals surface area contributed by atoms with E-state index in [9.17, 15) is 0 Å². The van der Waals surface area contributed by atoms with Crippen LogP contribution in [0.15, 0.2) is 18.2 Å². The van der Waals surface area contributed by atoms with Crippen molar-refractivity contribution in [1.29, 1.82) is 0 Å². The number of hydrogen-bond donors (Lipinski definition) is 0. The normalized spacial score (nSPS) is 13.4. The molecule has 0 bridgehead atoms. The van der Waals surface area contributed by atoms with Crippen molar-refractivity contribution < 1.29 is 18.9 Å². The smallest absolute Gasteiger partial charge is 0.231 e. The summed E-state index contributed by atoms with van der Waals surface area (Å²) in [6.07, 6.45) is 3.88. The largest absolute Gasteiger partial charge is 0.493 e. The highest BCUT2D eigenvalue weighted by atomic mass is 16.7. The Morgan fingerprint density at radius 1 is 1.31 bits per heavy atom. The van der Waals surface area contributed by atoms with E-state index in [1.54, 1.807) is 14.2 Å². The number of benzene rings is 1. The SMILES string of the molecule is COC/C=C/c1cc(OC)c2c(c1)OCO2. The van der Waals surface area contributed by atoms with E-state index in [1.165, 1.54) is 0 Å². The standard InChI is InChI=1S/C12H14O4/c1-13-5-3-4-9-6-10(14-2)12-11(7-9)15-8-16-12/h3-4,6-7H,5,8H2,1-2H3/b4-3+. The number of fused-ring (bicyclic) bond motifs is 1. The third kappa shape index (κ3) is 2.12. The van der Waals surface area contributed by atoms with Crippen LogP contribution in [0, 0.1) is 0 Å². The van der Waals surface area contributed by atoms with Crippen molar-refractivity contribution in [2.24, 2.45) is 0 Å². The summed E-state index contributed by atoms with van der Waals surface area (Å²) in [4.78, 5) is 0. The summed E-state index contributed by atoms with van der Waals surface area (Å²) >= 11 is 0. The monoisotopic (exact) mass is 222 g/mol. The Morgan fingerprint density at radius 2 is 2.19 bits per heavy atom. The molecule has 0 radical (unpaired) electrons. The van der Waals surface area contributed by atoms with Gasteiger partial charge in [0.2, 0.25) is 12.5 Å². The summed E-state index contributed by atoms with van der Waals surface area (Å²) in [5.74, 6) is 2.08. The van der Waals surface area contributed by atoms with E-state index in [1.807, 2.05) is 24.3 Å². The van der Waals surface area contributed by atoms with Crippen molar-refractivity contribution in [3.05, 3.63) is 23.8 Å². The van der Waals surface area contributed by atoms with Crippen LogP contribution in [-0.4, -0.2) is 27.6 Å². The van der Waals surface area contributed by atoms with Gasteiger partial charge in [0.15, 0.2) is 11.5 Å². The lowest BCUT2D eigenvalue weighted by molar-refractivity contribution is 0.171. The minimum absolute atomic E-state index is 0.247. The molecule has 0 aromatic heterocycles. The molecule has 1 heterocycles. The van der Waals surface area contributed by atoms with Gasteiger partial charge in [-0.15, -0.1) is 0 Å². The summed E-state index contributed by atoms with van der Waals surface area (Å²) in [5, 5.41) is 0. The first-order valence-corrected chi connectivity index (χ1v) is 4.98. The third-order valence-corrected chi connectivity index (χ3v) is 2.25. The summed E-state index contributed by atoms with van der Waals surface area (Å²) < 4.78 is 20.8. The summed E-state index contributed by atoms with van der Waals surface area (Å²) in [6, 6.07) is 3.82. The van der Waals surface area contributed by atoms with Crippen LogP contribution in [-0.2, 0) is 4.74 Å². The fourth-order valence-corrected chi connectivity index (χ4v) is 1.53. The molecule has 0 aliphatic carbocycles. The van der Waals surface area contributed by atoms with E-state index in [4.69, 9.17) is 18.9 Å². The molecule has 86 valence electrons. The van der Waals surface area contributed by atoms with Crippen LogP contribution in [0.4, 0.5) is 0 Å². The van der Waals surface area contributed by atoms with Crippen LogP contribution in [0.3, 0.4) is 0 Å². The molecule has 4 nitrogen and oxygen atoms in total. The number of hydrogen-bond acceptors (Lipinski definition) is 4. The van der Waals surface area contributed by atoms with Crippen LogP contribution in [0.25, 0.3) is 6.08 Å². The predicted octanol–water partition coefficient (Wildman–Crippen LogP) is 2.08. The minimum atomic E-state index is 0.247. The van der Waals surface area contributed by atoms with E-state index in [-0.39, 0.29) is 6.79 Å². The average molecular weight is 222 g/mol. The molecule has 0 N–H and O–H groups in total. The first-order chi connectivity index (χ1) is 7.85. The Morgan fingerprint density at radius 3 is 2.94 bits per heavy atom. The third-order valence-electron chi connectivity index (χ3n) is 2.25. The molecule has 4 heteroatoms. The summed E-state index contributed by atoms with van der Waals surface area (Å²) in [7, 11) is 3.27. The highest BCUT2D eigenvalue weighted by Crippen LogP contribution is 2.41. The maximum atomic E-state index is 5.32. The molecule has 0 spiro atoms. The van der Waals surface area contributed by atoms with Gasteiger partial charge in [-0.25, -0.2) is 0 Å². The highest BCUT2D eigenvalue weighted by Gasteiger charge is 2.19. The fourth-order valence-electron chi connectivity index (χ4n) is 1.53. The molecule has 0 fully saturated rings. The van der Waals surface area contributed by atoms with Gasteiger partial charge in [-0.3, -0.25) is 0 Å². The number of rotatable bonds is 4. The van der Waals surface area contributed by atoms with Crippen molar-refractivity contribution in [2.45, 2.75) is 0 Å². The van der Waals surface area contributed by atoms with Crippen LogP contribution in [0.2, 0.25) is 0 Å². The van der Waals surface area contributed by atoms with Gasteiger partial charge in [0.05, 0.1) is 13.7 Å². The lowest BCUT2D eigenvalue weighted by Gasteiger charge is -2.05. The first kappa shape index (κ1) is 10.8. The Kier molecular flexibility index (Phi) is 3.31. The minimum Gasteiger partial charge on any atom is -0.493 e. The van der Waals surface area contributed by atoms with Crippen LogP contribution < -0.4 is 14.2 Å². The van der Waals surface area contributed by atoms with Crippen molar-refractivity contribution in [3.8, 4) is 17.2 Å². The zero-order valence-corrected chi connectivity index (χ0v) is 9.36. The number of methoxy groups -OCH3 is 2. The molecular weight excluding hydrogens is 208 g/mol. The van der Waals surface area contributed by atoms with Gasteiger partial charge >= 0.3 is 0 Å². The molecular formula is C12H14O4. The van der Waals surface area contributed by atoms with Crippen LogP contribution in [0.1, 0.15) is 5.56 Å². The second kappa shape index (κ2) is 4.90. The molecule has 1 aromatic carbocycles. The van der Waals surface area contributed by atoms with Crippen molar-refractivity contribution in [3.63, 3.8) is 0 Å². The lowest BCUT2D eigenvalue weighted by atomic mass is 10.1. The van der Waals surface area contributed by atoms with Gasteiger partial charge in [0.25, 0.3) is 0 Å². The van der Waals surface area contributed by atoms with Crippen molar-refractivity contribution >= 4 is 6.08 Å². The second-order valence-electron chi connectivity index (χ2n) is 3.31. The maximum Gasteiger partial charge on any atom is 0.231 e. The van der Waals surface area contributed by atoms with E-state index in [0.717, 1.165) is 11.3 Å². The van der Waals surface area contributed by atoms with Crippen molar-refractivity contribution in [1.82, 2.24) is 0 Å². The fraction of sp³-hybridized carbons (Fsp3) is 0.333. The Hall–Kier alpha value is -1.68. The van der Waals surface area contributed by atoms with Gasteiger partial charge < -0.3 is 18.9 Å². The Balaban J connectivity index is 2.27. The molecule has 0 unspecified atom stereocenters. The van der Waals surface area contributed by atoms with Crippen LogP contribution >= 0.6 is 0 Å². The van der Waals surface area contributed by atoms with E-state index < -0.39 is 0 Å². The molecule has 1 aliphatic rings. The highest BCUT2D eigenvalue weighted by molar-refractivity contribution is 5.62. The molecule has 16 heavy (non-hydrogen) atoms. The first-order valence-electron chi connectivity index (χ1n) is 4.98. The average Bonchev–Trinajstić information content (AvgIpc) is 2.76. The summed E-state index contributed by atoms with van der Waals surface area (Å²) in [6.45, 7) is 0.827. The molecule has 1 aromatic rings. The quantitative estimate of drug-likeness (QED) is 0.781.